The molecule has 1 aromatic carbocycles. The molecule has 0 spiro atoms. The number of aryl methyl sites for hydroxylation is 2. The lowest BCUT2D eigenvalue weighted by Gasteiger charge is -2.04. The molecule has 3 heterocycles. The van der Waals surface area contributed by atoms with Gasteiger partial charge in [0, 0.05) is 42.7 Å². The average molecular weight is 395 g/mol. The molecular formula is C20H21N5O2S. The summed E-state index contributed by atoms with van der Waals surface area (Å²) in [6.07, 6.45) is 3.68. The van der Waals surface area contributed by atoms with E-state index in [1.807, 2.05) is 43.9 Å². The van der Waals surface area contributed by atoms with Crippen molar-refractivity contribution >= 4 is 15.5 Å². The van der Waals surface area contributed by atoms with Crippen molar-refractivity contribution in [3.8, 4) is 11.1 Å². The number of rotatable bonds is 4. The monoisotopic (exact) mass is 395 g/mol. The predicted molar refractivity (Wildman–Crippen MR) is 107 cm³/mol. The highest BCUT2D eigenvalue weighted by Gasteiger charge is 2.15. The molecule has 0 unspecified atom stereocenters. The third-order valence-electron chi connectivity index (χ3n) is 4.99. The minimum atomic E-state index is -3.22. The zero-order valence-electron chi connectivity index (χ0n) is 16.2. The number of benzene rings is 1. The quantitative estimate of drug-likeness (QED) is 0.531. The Bertz CT molecular complexity index is 1280. The van der Waals surface area contributed by atoms with Crippen LogP contribution in [0.2, 0.25) is 0 Å². The molecular weight excluding hydrogens is 374 g/mol. The van der Waals surface area contributed by atoms with E-state index in [0.717, 1.165) is 39.5 Å². The van der Waals surface area contributed by atoms with E-state index in [9.17, 15) is 8.42 Å². The van der Waals surface area contributed by atoms with Gasteiger partial charge in [0.05, 0.1) is 10.6 Å². The minimum absolute atomic E-state index is 0.299. The molecule has 0 atom stereocenters. The van der Waals surface area contributed by atoms with Crippen molar-refractivity contribution in [3.05, 3.63) is 65.4 Å². The number of pyridine rings is 1. The SMILES string of the molecule is Cc1nn(C)c(C)c1Cc1nc2c(-c3ccc(S(C)(=O)=O)cc3)cccn2n1. The molecule has 0 fully saturated rings. The molecule has 0 aliphatic rings. The van der Waals surface area contributed by atoms with Gasteiger partial charge in [0.15, 0.2) is 21.3 Å². The number of aromatic nitrogens is 5. The molecule has 0 aliphatic heterocycles. The van der Waals surface area contributed by atoms with Crippen molar-refractivity contribution in [2.45, 2.75) is 25.2 Å². The molecule has 8 heteroatoms. The van der Waals surface area contributed by atoms with Crippen LogP contribution in [0.5, 0.6) is 0 Å². The molecule has 0 radical (unpaired) electrons. The van der Waals surface area contributed by atoms with Crippen LogP contribution in [0.15, 0.2) is 47.5 Å². The summed E-state index contributed by atoms with van der Waals surface area (Å²) in [6.45, 7) is 4.03. The van der Waals surface area contributed by atoms with Gasteiger partial charge in [0.25, 0.3) is 0 Å². The smallest absolute Gasteiger partial charge is 0.175 e. The summed E-state index contributed by atoms with van der Waals surface area (Å²) in [7, 11) is -1.29. The van der Waals surface area contributed by atoms with Gasteiger partial charge >= 0.3 is 0 Å². The lowest BCUT2D eigenvalue weighted by Crippen LogP contribution is -1.97. The summed E-state index contributed by atoms with van der Waals surface area (Å²) < 4.78 is 27.0. The van der Waals surface area contributed by atoms with Gasteiger partial charge in [-0.1, -0.05) is 12.1 Å². The largest absolute Gasteiger partial charge is 0.272 e. The third kappa shape index (κ3) is 3.20. The number of sulfone groups is 1. The van der Waals surface area contributed by atoms with E-state index < -0.39 is 9.84 Å². The van der Waals surface area contributed by atoms with E-state index in [1.54, 1.807) is 28.8 Å². The fourth-order valence-corrected chi connectivity index (χ4v) is 3.99. The van der Waals surface area contributed by atoms with Crippen LogP contribution < -0.4 is 0 Å². The van der Waals surface area contributed by atoms with E-state index in [-0.39, 0.29) is 0 Å². The predicted octanol–water partition coefficient (Wildman–Crippen LogP) is 2.74. The number of nitrogens with zero attached hydrogens (tertiary/aromatic N) is 5. The topological polar surface area (TPSA) is 82.1 Å². The summed E-state index contributed by atoms with van der Waals surface area (Å²) >= 11 is 0. The standard InChI is InChI=1S/C20H21N5O2S/c1-13-18(14(2)24(3)22-13)12-19-21-20-17(6-5-11-25(20)23-19)15-7-9-16(10-8-15)28(4,26)27/h5-11H,12H2,1-4H3. The number of fused-ring (bicyclic) bond motifs is 1. The van der Waals surface area contributed by atoms with Crippen LogP contribution in [-0.4, -0.2) is 39.1 Å². The lowest BCUT2D eigenvalue weighted by molar-refractivity contribution is 0.602. The van der Waals surface area contributed by atoms with Gasteiger partial charge < -0.3 is 0 Å². The Labute approximate surface area is 163 Å². The van der Waals surface area contributed by atoms with Crippen LogP contribution >= 0.6 is 0 Å². The van der Waals surface area contributed by atoms with Crippen LogP contribution in [0.25, 0.3) is 16.8 Å². The molecule has 28 heavy (non-hydrogen) atoms. The number of hydrogen-bond acceptors (Lipinski definition) is 5. The molecule has 7 nitrogen and oxygen atoms in total. The van der Waals surface area contributed by atoms with Crippen molar-refractivity contribution < 1.29 is 8.42 Å². The maximum absolute atomic E-state index is 11.7. The van der Waals surface area contributed by atoms with E-state index >= 15 is 0 Å². The highest BCUT2D eigenvalue weighted by atomic mass is 32.2. The van der Waals surface area contributed by atoms with Gasteiger partial charge in [0.2, 0.25) is 0 Å². The Balaban J connectivity index is 1.75. The summed E-state index contributed by atoms with van der Waals surface area (Å²) in [6, 6.07) is 10.7. The highest BCUT2D eigenvalue weighted by molar-refractivity contribution is 7.90. The van der Waals surface area contributed by atoms with Gasteiger partial charge in [-0.3, -0.25) is 4.68 Å². The van der Waals surface area contributed by atoms with E-state index in [4.69, 9.17) is 4.98 Å². The first-order valence-electron chi connectivity index (χ1n) is 8.88. The fraction of sp³-hybridized carbons (Fsp3) is 0.250. The van der Waals surface area contributed by atoms with Gasteiger partial charge in [-0.05, 0) is 43.7 Å². The van der Waals surface area contributed by atoms with Gasteiger partial charge in [0.1, 0.15) is 0 Å². The number of hydrogen-bond donors (Lipinski definition) is 0. The second kappa shape index (κ2) is 6.56. The zero-order valence-corrected chi connectivity index (χ0v) is 17.0. The minimum Gasteiger partial charge on any atom is -0.272 e. The molecule has 144 valence electrons. The Kier molecular flexibility index (Phi) is 4.30. The first kappa shape index (κ1) is 18.4. The Morgan fingerprint density at radius 3 is 2.36 bits per heavy atom. The molecule has 4 rings (SSSR count). The summed E-state index contributed by atoms with van der Waals surface area (Å²) in [5.74, 6) is 0.722. The maximum Gasteiger partial charge on any atom is 0.175 e. The third-order valence-corrected chi connectivity index (χ3v) is 6.12. The maximum atomic E-state index is 11.7. The van der Waals surface area contributed by atoms with Crippen LogP contribution in [0.1, 0.15) is 22.8 Å². The summed E-state index contributed by atoms with van der Waals surface area (Å²) in [5, 5.41) is 9.07. The molecule has 3 aromatic heterocycles. The van der Waals surface area contributed by atoms with Crippen molar-refractivity contribution in [3.63, 3.8) is 0 Å². The van der Waals surface area contributed by atoms with Crippen molar-refractivity contribution in [1.82, 2.24) is 24.4 Å². The molecule has 0 bridgehead atoms. The van der Waals surface area contributed by atoms with Crippen LogP contribution in [0.3, 0.4) is 0 Å². The average Bonchev–Trinajstić information content (AvgIpc) is 3.16. The molecule has 0 amide bonds. The van der Waals surface area contributed by atoms with Crippen LogP contribution in [0.4, 0.5) is 0 Å². The van der Waals surface area contributed by atoms with Crippen molar-refractivity contribution in [1.29, 1.82) is 0 Å². The highest BCUT2D eigenvalue weighted by Crippen LogP contribution is 2.25. The molecule has 4 aromatic rings. The van der Waals surface area contributed by atoms with Crippen LogP contribution in [-0.2, 0) is 23.3 Å². The van der Waals surface area contributed by atoms with Crippen molar-refractivity contribution in [2.24, 2.45) is 7.05 Å². The van der Waals surface area contributed by atoms with Crippen molar-refractivity contribution in [2.75, 3.05) is 6.26 Å². The summed E-state index contributed by atoms with van der Waals surface area (Å²) in [4.78, 5) is 5.04. The lowest BCUT2D eigenvalue weighted by atomic mass is 10.1. The second-order valence-corrected chi connectivity index (χ2v) is 8.98. The van der Waals surface area contributed by atoms with Gasteiger partial charge in [-0.2, -0.15) is 10.2 Å². The molecule has 0 saturated heterocycles. The first-order valence-corrected chi connectivity index (χ1v) is 10.8. The first-order chi connectivity index (χ1) is 13.2. The zero-order chi connectivity index (χ0) is 20.1. The van der Waals surface area contributed by atoms with E-state index in [1.165, 1.54) is 6.26 Å². The van der Waals surface area contributed by atoms with E-state index in [2.05, 4.69) is 10.2 Å². The Morgan fingerprint density at radius 1 is 1.04 bits per heavy atom. The van der Waals surface area contributed by atoms with Gasteiger partial charge in [-0.15, -0.1) is 0 Å². The summed E-state index contributed by atoms with van der Waals surface area (Å²) in [5.41, 5.74) is 5.76. The molecule has 0 N–H and O–H groups in total. The normalized spacial score (nSPS) is 12.0. The second-order valence-electron chi connectivity index (χ2n) is 6.96. The van der Waals surface area contributed by atoms with Crippen LogP contribution in [0, 0.1) is 13.8 Å². The fourth-order valence-electron chi connectivity index (χ4n) is 3.36. The molecule has 0 aliphatic carbocycles. The van der Waals surface area contributed by atoms with Gasteiger partial charge in [-0.25, -0.2) is 17.9 Å². The Morgan fingerprint density at radius 2 is 1.75 bits per heavy atom. The van der Waals surface area contributed by atoms with E-state index in [0.29, 0.717) is 11.3 Å². The molecule has 0 saturated carbocycles. The Hall–Kier alpha value is -3.00.